The fourth-order valence-electron chi connectivity index (χ4n) is 2.19. The average molecular weight is 224 g/mol. The average Bonchev–Trinajstić information content (AvgIpc) is 2.41. The molecule has 0 radical (unpaired) electrons. The smallest absolute Gasteiger partial charge is 0.179 e. The van der Waals surface area contributed by atoms with Gasteiger partial charge in [-0.2, -0.15) is 0 Å². The number of rotatable bonds is 2. The van der Waals surface area contributed by atoms with E-state index in [1.165, 1.54) is 0 Å². The Morgan fingerprint density at radius 2 is 2.20 bits per heavy atom. The van der Waals surface area contributed by atoms with Gasteiger partial charge in [0.2, 0.25) is 0 Å². The van der Waals surface area contributed by atoms with Crippen molar-refractivity contribution in [2.24, 2.45) is 0 Å². The number of benzene rings is 1. The molecule has 1 aliphatic heterocycles. The first-order valence-electron chi connectivity index (χ1n) is 4.82. The molecule has 0 aromatic heterocycles. The van der Waals surface area contributed by atoms with Gasteiger partial charge in [-0.3, -0.25) is 0 Å². The van der Waals surface area contributed by atoms with Crippen LogP contribution in [0.1, 0.15) is 23.5 Å². The number of fused-ring (bicyclic) bond motifs is 1. The molecular weight excluding hydrogens is 212 g/mol. The Morgan fingerprint density at radius 1 is 1.47 bits per heavy atom. The van der Waals surface area contributed by atoms with Crippen molar-refractivity contribution in [1.82, 2.24) is 0 Å². The molecule has 1 aliphatic rings. The second-order valence-corrected chi connectivity index (χ2v) is 5.87. The molecule has 0 aliphatic carbocycles. The maximum atomic E-state index is 11.8. The minimum Gasteiger partial charge on any atom is -0.303 e. The summed E-state index contributed by atoms with van der Waals surface area (Å²) in [5, 5.41) is 0. The molecule has 0 saturated carbocycles. The van der Waals surface area contributed by atoms with E-state index < -0.39 is 9.84 Å². The molecule has 0 N–H and O–H groups in total. The van der Waals surface area contributed by atoms with Crippen LogP contribution >= 0.6 is 0 Å². The molecule has 0 spiro atoms. The molecule has 1 atom stereocenters. The number of hydrogen-bond donors (Lipinski definition) is 0. The first-order valence-corrected chi connectivity index (χ1v) is 6.47. The van der Waals surface area contributed by atoms with Gasteiger partial charge in [-0.1, -0.05) is 12.1 Å². The van der Waals surface area contributed by atoms with Crippen LogP contribution < -0.4 is 0 Å². The number of hydrogen-bond acceptors (Lipinski definition) is 3. The van der Waals surface area contributed by atoms with E-state index in [9.17, 15) is 13.2 Å². The van der Waals surface area contributed by atoms with E-state index in [4.69, 9.17) is 0 Å². The summed E-state index contributed by atoms with van der Waals surface area (Å²) in [5.41, 5.74) is 1.80. The molecular formula is C11H12O3S. The number of aldehydes is 1. The highest BCUT2D eigenvalue weighted by molar-refractivity contribution is 7.91. The lowest BCUT2D eigenvalue weighted by molar-refractivity contribution is -0.108. The molecule has 3 nitrogen and oxygen atoms in total. The van der Waals surface area contributed by atoms with Gasteiger partial charge >= 0.3 is 0 Å². The van der Waals surface area contributed by atoms with Crippen molar-refractivity contribution in [3.63, 3.8) is 0 Å². The van der Waals surface area contributed by atoms with E-state index >= 15 is 0 Å². The summed E-state index contributed by atoms with van der Waals surface area (Å²) in [5.74, 6) is -0.0740. The van der Waals surface area contributed by atoms with Crippen LogP contribution in [0.2, 0.25) is 0 Å². The monoisotopic (exact) mass is 224 g/mol. The predicted octanol–water partition coefficient (Wildman–Crippen LogP) is 1.45. The fraction of sp³-hybridized carbons (Fsp3) is 0.364. The van der Waals surface area contributed by atoms with Crippen molar-refractivity contribution in [2.45, 2.75) is 24.2 Å². The van der Waals surface area contributed by atoms with Gasteiger partial charge in [-0.15, -0.1) is 0 Å². The Balaban J connectivity index is 2.63. The molecule has 15 heavy (non-hydrogen) atoms. The van der Waals surface area contributed by atoms with Gasteiger partial charge in [0.25, 0.3) is 0 Å². The quantitative estimate of drug-likeness (QED) is 0.714. The molecule has 1 aromatic carbocycles. The zero-order valence-electron chi connectivity index (χ0n) is 8.43. The van der Waals surface area contributed by atoms with Gasteiger partial charge in [0.15, 0.2) is 9.84 Å². The topological polar surface area (TPSA) is 51.2 Å². The Labute approximate surface area is 89.0 Å². The van der Waals surface area contributed by atoms with Gasteiger partial charge in [0.1, 0.15) is 6.29 Å². The van der Waals surface area contributed by atoms with Crippen LogP contribution in [-0.2, 0) is 14.6 Å². The lowest BCUT2D eigenvalue weighted by Gasteiger charge is -2.08. The Bertz CT molecular complexity index is 503. The first kappa shape index (κ1) is 10.4. The van der Waals surface area contributed by atoms with Crippen LogP contribution in [0, 0.1) is 6.92 Å². The third-order valence-corrected chi connectivity index (χ3v) is 4.70. The van der Waals surface area contributed by atoms with E-state index in [0.717, 1.165) is 17.4 Å². The zero-order valence-corrected chi connectivity index (χ0v) is 9.25. The molecule has 1 heterocycles. The van der Waals surface area contributed by atoms with Gasteiger partial charge < -0.3 is 4.79 Å². The van der Waals surface area contributed by atoms with E-state index in [1.54, 1.807) is 12.1 Å². The van der Waals surface area contributed by atoms with Crippen LogP contribution in [0.5, 0.6) is 0 Å². The minimum absolute atomic E-state index is 0.0753. The summed E-state index contributed by atoms with van der Waals surface area (Å²) in [6.45, 7) is 1.89. The molecule has 1 unspecified atom stereocenters. The Hall–Kier alpha value is -1.16. The van der Waals surface area contributed by atoms with Crippen LogP contribution in [0.3, 0.4) is 0 Å². The van der Waals surface area contributed by atoms with Crippen molar-refractivity contribution < 1.29 is 13.2 Å². The molecule has 2 rings (SSSR count). The summed E-state index contributed by atoms with van der Waals surface area (Å²) in [6, 6.07) is 5.26. The summed E-state index contributed by atoms with van der Waals surface area (Å²) in [6.07, 6.45) is 1.08. The molecule has 4 heteroatoms. The van der Waals surface area contributed by atoms with Crippen LogP contribution in [0.15, 0.2) is 23.1 Å². The molecule has 1 aromatic rings. The van der Waals surface area contributed by atoms with Crippen molar-refractivity contribution in [3.8, 4) is 0 Å². The molecule has 0 fully saturated rings. The van der Waals surface area contributed by atoms with Gasteiger partial charge in [-0.25, -0.2) is 8.42 Å². The molecule has 80 valence electrons. The molecule has 0 saturated heterocycles. The van der Waals surface area contributed by atoms with Crippen LogP contribution in [-0.4, -0.2) is 20.5 Å². The fourth-order valence-corrected chi connectivity index (χ4v) is 4.15. The van der Waals surface area contributed by atoms with Gasteiger partial charge in [0.05, 0.1) is 10.6 Å². The third kappa shape index (κ3) is 1.59. The second kappa shape index (κ2) is 3.45. The minimum atomic E-state index is -3.16. The van der Waals surface area contributed by atoms with Crippen LogP contribution in [0.25, 0.3) is 0 Å². The Morgan fingerprint density at radius 3 is 2.87 bits per heavy atom. The number of aryl methyl sites for hydroxylation is 1. The summed E-state index contributed by atoms with van der Waals surface area (Å²) >= 11 is 0. The molecule has 0 bridgehead atoms. The zero-order chi connectivity index (χ0) is 11.1. The van der Waals surface area contributed by atoms with Crippen molar-refractivity contribution in [2.75, 3.05) is 5.75 Å². The van der Waals surface area contributed by atoms with E-state index in [-0.39, 0.29) is 18.1 Å². The number of carbonyl (C=O) groups excluding carboxylic acids is 1. The first-order chi connectivity index (χ1) is 7.06. The van der Waals surface area contributed by atoms with Crippen LogP contribution in [0.4, 0.5) is 0 Å². The van der Waals surface area contributed by atoms with E-state index in [1.807, 2.05) is 13.0 Å². The van der Waals surface area contributed by atoms with Crippen molar-refractivity contribution in [3.05, 3.63) is 29.3 Å². The summed E-state index contributed by atoms with van der Waals surface area (Å²) < 4.78 is 23.5. The van der Waals surface area contributed by atoms with E-state index in [0.29, 0.717) is 4.90 Å². The van der Waals surface area contributed by atoms with Gasteiger partial charge in [-0.05, 0) is 24.1 Å². The SMILES string of the molecule is Cc1cccc2c1C(CC=O)CS2(=O)=O. The standard InChI is InChI=1S/C11H12O3S/c1-8-3-2-4-10-11(8)9(5-6-12)7-15(10,13)14/h2-4,6,9H,5,7H2,1H3. The predicted molar refractivity (Wildman–Crippen MR) is 56.7 cm³/mol. The largest absolute Gasteiger partial charge is 0.303 e. The Kier molecular flexibility index (Phi) is 2.38. The lowest BCUT2D eigenvalue weighted by atomic mass is 9.94. The lowest BCUT2D eigenvalue weighted by Crippen LogP contribution is -2.04. The van der Waals surface area contributed by atoms with Crippen molar-refractivity contribution in [1.29, 1.82) is 0 Å². The number of carbonyl (C=O) groups is 1. The molecule has 0 amide bonds. The second-order valence-electron chi connectivity index (χ2n) is 3.87. The maximum absolute atomic E-state index is 11.8. The summed E-state index contributed by atoms with van der Waals surface area (Å²) in [4.78, 5) is 10.9. The normalized spacial score (nSPS) is 22.3. The van der Waals surface area contributed by atoms with Crippen molar-refractivity contribution >= 4 is 16.1 Å². The highest BCUT2D eigenvalue weighted by Gasteiger charge is 2.35. The van der Waals surface area contributed by atoms with Gasteiger partial charge in [0, 0.05) is 12.3 Å². The highest BCUT2D eigenvalue weighted by atomic mass is 32.2. The number of sulfone groups is 1. The maximum Gasteiger partial charge on any atom is 0.179 e. The van der Waals surface area contributed by atoms with E-state index in [2.05, 4.69) is 0 Å². The third-order valence-electron chi connectivity index (χ3n) is 2.83. The summed E-state index contributed by atoms with van der Waals surface area (Å²) in [7, 11) is -3.16. The highest BCUT2D eigenvalue weighted by Crippen LogP contribution is 2.38.